The van der Waals surface area contributed by atoms with Crippen molar-refractivity contribution in [1.29, 1.82) is 0 Å². The Morgan fingerprint density at radius 1 is 1.50 bits per heavy atom. The first kappa shape index (κ1) is 12.8. The molecule has 0 atom stereocenters. The normalized spacial score (nSPS) is 9.94. The largest absolute Gasteiger partial charge is 0.495 e. The molecule has 4 nitrogen and oxygen atoms in total. The van der Waals surface area contributed by atoms with E-state index in [4.69, 9.17) is 16.3 Å². The van der Waals surface area contributed by atoms with Crippen LogP contribution in [0.3, 0.4) is 0 Å². The second kappa shape index (κ2) is 6.35. The molecular weight excluding hydrogens is 228 g/mol. The van der Waals surface area contributed by atoms with Crippen LogP contribution in [0.5, 0.6) is 5.75 Å². The first-order chi connectivity index (χ1) is 7.67. The van der Waals surface area contributed by atoms with Gasteiger partial charge in [-0.2, -0.15) is 0 Å². The quantitative estimate of drug-likeness (QED) is 0.829. The van der Waals surface area contributed by atoms with E-state index >= 15 is 0 Å². The predicted molar refractivity (Wildman–Crippen MR) is 65.2 cm³/mol. The van der Waals surface area contributed by atoms with Crippen LogP contribution >= 0.6 is 11.6 Å². The Kier molecular flexibility index (Phi) is 5.08. The maximum Gasteiger partial charge on any atom is 0.238 e. The number of likely N-dealkylation sites (N-methyl/N-ethyl adjacent to an activating group) is 1. The molecule has 1 aromatic rings. The van der Waals surface area contributed by atoms with E-state index in [-0.39, 0.29) is 5.91 Å². The van der Waals surface area contributed by atoms with E-state index in [1.807, 2.05) is 6.92 Å². The Bertz CT molecular complexity index is 369. The van der Waals surface area contributed by atoms with Gasteiger partial charge in [0.2, 0.25) is 5.91 Å². The van der Waals surface area contributed by atoms with Crippen LogP contribution in [0.15, 0.2) is 18.2 Å². The lowest BCUT2D eigenvalue weighted by atomic mass is 10.3. The Hall–Kier alpha value is -1.26. The molecule has 1 aromatic carbocycles. The van der Waals surface area contributed by atoms with Gasteiger partial charge in [-0.3, -0.25) is 4.79 Å². The highest BCUT2D eigenvalue weighted by Crippen LogP contribution is 2.27. The standard InChI is InChI=1S/C11H15ClN2O2/c1-3-13-7-11(15)14-8-4-5-9(12)10(6-8)16-2/h4-6,13H,3,7H2,1-2H3,(H,14,15). The van der Waals surface area contributed by atoms with Gasteiger partial charge in [0.15, 0.2) is 0 Å². The van der Waals surface area contributed by atoms with E-state index in [9.17, 15) is 4.79 Å². The second-order valence-corrected chi connectivity index (χ2v) is 3.59. The molecule has 0 saturated heterocycles. The fraction of sp³-hybridized carbons (Fsp3) is 0.364. The lowest BCUT2D eigenvalue weighted by Crippen LogP contribution is -2.27. The average Bonchev–Trinajstić information content (AvgIpc) is 2.29. The summed E-state index contributed by atoms with van der Waals surface area (Å²) in [5, 5.41) is 6.20. The molecule has 1 rings (SSSR count). The van der Waals surface area contributed by atoms with Crippen LogP contribution in [0, 0.1) is 0 Å². The molecule has 0 radical (unpaired) electrons. The fourth-order valence-electron chi connectivity index (χ4n) is 1.18. The molecule has 0 aliphatic heterocycles. The second-order valence-electron chi connectivity index (χ2n) is 3.18. The van der Waals surface area contributed by atoms with Gasteiger partial charge < -0.3 is 15.4 Å². The summed E-state index contributed by atoms with van der Waals surface area (Å²) in [7, 11) is 1.53. The summed E-state index contributed by atoms with van der Waals surface area (Å²) in [5.41, 5.74) is 0.671. The number of hydrogen-bond acceptors (Lipinski definition) is 3. The van der Waals surface area contributed by atoms with Crippen molar-refractivity contribution in [2.45, 2.75) is 6.92 Å². The monoisotopic (exact) mass is 242 g/mol. The molecule has 0 aromatic heterocycles. The van der Waals surface area contributed by atoms with Crippen molar-refractivity contribution >= 4 is 23.2 Å². The number of benzene rings is 1. The Labute approximate surface area is 99.9 Å². The lowest BCUT2D eigenvalue weighted by Gasteiger charge is -2.08. The van der Waals surface area contributed by atoms with Crippen LogP contribution in [0.1, 0.15) is 6.92 Å². The minimum atomic E-state index is -0.0915. The molecule has 88 valence electrons. The minimum Gasteiger partial charge on any atom is -0.495 e. The SMILES string of the molecule is CCNCC(=O)Nc1ccc(Cl)c(OC)c1. The molecular formula is C11H15ClN2O2. The van der Waals surface area contributed by atoms with Crippen molar-refractivity contribution in [3.63, 3.8) is 0 Å². The molecule has 0 fully saturated rings. The van der Waals surface area contributed by atoms with E-state index in [1.54, 1.807) is 18.2 Å². The molecule has 0 unspecified atom stereocenters. The van der Waals surface area contributed by atoms with Crippen LogP contribution in [0.2, 0.25) is 5.02 Å². The molecule has 0 aliphatic rings. The highest BCUT2D eigenvalue weighted by Gasteiger charge is 2.04. The highest BCUT2D eigenvalue weighted by atomic mass is 35.5. The van der Waals surface area contributed by atoms with Gasteiger partial charge in [-0.15, -0.1) is 0 Å². The van der Waals surface area contributed by atoms with Crippen molar-refractivity contribution in [3.05, 3.63) is 23.2 Å². The molecule has 0 aliphatic carbocycles. The van der Waals surface area contributed by atoms with Gasteiger partial charge in [-0.25, -0.2) is 0 Å². The molecule has 0 bridgehead atoms. The number of carbonyl (C=O) groups is 1. The van der Waals surface area contributed by atoms with Gasteiger partial charge in [-0.1, -0.05) is 18.5 Å². The number of amides is 1. The van der Waals surface area contributed by atoms with Gasteiger partial charge in [-0.05, 0) is 18.7 Å². The van der Waals surface area contributed by atoms with Crippen molar-refractivity contribution in [3.8, 4) is 5.75 Å². The summed E-state index contributed by atoms with van der Waals surface area (Å²) in [5.74, 6) is 0.453. The maximum atomic E-state index is 11.4. The van der Waals surface area contributed by atoms with Crippen LogP contribution < -0.4 is 15.4 Å². The molecule has 0 heterocycles. The minimum absolute atomic E-state index is 0.0915. The molecule has 5 heteroatoms. The summed E-state index contributed by atoms with van der Waals surface area (Å²) in [6.45, 7) is 3.00. The van der Waals surface area contributed by atoms with Crippen molar-refractivity contribution < 1.29 is 9.53 Å². The van der Waals surface area contributed by atoms with Crippen molar-refractivity contribution in [2.24, 2.45) is 0 Å². The third-order valence-electron chi connectivity index (χ3n) is 1.97. The van der Waals surface area contributed by atoms with E-state index in [2.05, 4.69) is 10.6 Å². The summed E-state index contributed by atoms with van der Waals surface area (Å²) in [6.07, 6.45) is 0. The van der Waals surface area contributed by atoms with Gasteiger partial charge >= 0.3 is 0 Å². The molecule has 2 N–H and O–H groups in total. The molecule has 0 saturated carbocycles. The highest BCUT2D eigenvalue weighted by molar-refractivity contribution is 6.32. The van der Waals surface area contributed by atoms with Crippen LogP contribution in [0.25, 0.3) is 0 Å². The van der Waals surface area contributed by atoms with E-state index in [0.717, 1.165) is 6.54 Å². The summed E-state index contributed by atoms with van der Waals surface area (Å²) < 4.78 is 5.05. The number of halogens is 1. The smallest absolute Gasteiger partial charge is 0.238 e. The number of methoxy groups -OCH3 is 1. The van der Waals surface area contributed by atoms with Gasteiger partial charge in [0.05, 0.1) is 18.7 Å². The third-order valence-corrected chi connectivity index (χ3v) is 2.28. The van der Waals surface area contributed by atoms with Crippen molar-refractivity contribution in [1.82, 2.24) is 5.32 Å². The number of carbonyl (C=O) groups excluding carboxylic acids is 1. The predicted octanol–water partition coefficient (Wildman–Crippen LogP) is 1.90. The van der Waals surface area contributed by atoms with E-state index in [0.29, 0.717) is 23.0 Å². The van der Waals surface area contributed by atoms with Gasteiger partial charge in [0.1, 0.15) is 5.75 Å². The van der Waals surface area contributed by atoms with Gasteiger partial charge in [0.25, 0.3) is 0 Å². The van der Waals surface area contributed by atoms with Crippen LogP contribution in [0.4, 0.5) is 5.69 Å². The summed E-state index contributed by atoms with van der Waals surface area (Å²) in [4.78, 5) is 11.4. The number of nitrogens with one attached hydrogen (secondary N) is 2. The third kappa shape index (κ3) is 3.72. The van der Waals surface area contributed by atoms with Crippen LogP contribution in [-0.2, 0) is 4.79 Å². The summed E-state index contributed by atoms with van der Waals surface area (Å²) in [6, 6.07) is 5.10. The van der Waals surface area contributed by atoms with E-state index < -0.39 is 0 Å². The molecule has 16 heavy (non-hydrogen) atoms. The fourth-order valence-corrected chi connectivity index (χ4v) is 1.38. The molecule has 1 amide bonds. The Morgan fingerprint density at radius 3 is 2.88 bits per heavy atom. The lowest BCUT2D eigenvalue weighted by molar-refractivity contribution is -0.115. The topological polar surface area (TPSA) is 50.4 Å². The zero-order valence-electron chi connectivity index (χ0n) is 9.34. The average molecular weight is 243 g/mol. The van der Waals surface area contributed by atoms with E-state index in [1.165, 1.54) is 7.11 Å². The summed E-state index contributed by atoms with van der Waals surface area (Å²) >= 11 is 5.87. The zero-order chi connectivity index (χ0) is 12.0. The number of rotatable bonds is 5. The first-order valence-electron chi connectivity index (χ1n) is 5.01. The zero-order valence-corrected chi connectivity index (χ0v) is 10.1. The van der Waals surface area contributed by atoms with Crippen molar-refractivity contribution in [2.75, 3.05) is 25.5 Å². The molecule has 0 spiro atoms. The maximum absolute atomic E-state index is 11.4. The van der Waals surface area contributed by atoms with Crippen LogP contribution in [-0.4, -0.2) is 26.1 Å². The first-order valence-corrected chi connectivity index (χ1v) is 5.39. The number of hydrogen-bond donors (Lipinski definition) is 2. The Balaban J connectivity index is 2.63. The number of anilines is 1. The van der Waals surface area contributed by atoms with Gasteiger partial charge in [0, 0.05) is 11.8 Å². The number of ether oxygens (including phenoxy) is 1. The Morgan fingerprint density at radius 2 is 2.25 bits per heavy atom.